The molecule has 4 saturated heterocycles. The Morgan fingerprint density at radius 1 is 1.23 bits per heavy atom. The average Bonchev–Trinajstić information content (AvgIpc) is 2.99. The monoisotopic (exact) mass is 354 g/mol. The number of ether oxygens (including phenoxy) is 1. The van der Waals surface area contributed by atoms with Crippen LogP contribution >= 0.6 is 0 Å². The van der Waals surface area contributed by atoms with Crippen LogP contribution in [0.3, 0.4) is 0 Å². The molecule has 4 aliphatic rings. The van der Waals surface area contributed by atoms with E-state index < -0.39 is 5.41 Å². The number of amides is 1. The molecule has 4 aliphatic heterocycles. The van der Waals surface area contributed by atoms with Crippen molar-refractivity contribution in [2.24, 2.45) is 11.3 Å². The number of fused-ring (bicyclic) bond motifs is 4. The first-order valence-electron chi connectivity index (χ1n) is 9.61. The summed E-state index contributed by atoms with van der Waals surface area (Å²) in [6.45, 7) is 4.62. The van der Waals surface area contributed by atoms with E-state index in [0.29, 0.717) is 32.0 Å². The van der Waals surface area contributed by atoms with Gasteiger partial charge in [0, 0.05) is 57.8 Å². The third kappa shape index (κ3) is 3.34. The van der Waals surface area contributed by atoms with E-state index in [1.165, 1.54) is 12.0 Å². The van der Waals surface area contributed by atoms with Crippen molar-refractivity contribution in [2.45, 2.75) is 38.3 Å². The second-order valence-electron chi connectivity index (χ2n) is 7.91. The molecule has 0 unspecified atom stereocenters. The molecule has 2 bridgehead atoms. The first-order chi connectivity index (χ1) is 12.7. The zero-order valence-corrected chi connectivity index (χ0v) is 15.1. The Labute approximate surface area is 154 Å². The summed E-state index contributed by atoms with van der Waals surface area (Å²) in [5.74, 6) is 0.541. The maximum Gasteiger partial charge on any atom is 0.243 e. The van der Waals surface area contributed by atoms with Crippen molar-refractivity contribution in [2.75, 3.05) is 32.8 Å². The summed E-state index contributed by atoms with van der Waals surface area (Å²) in [6.07, 6.45) is 6.93. The molecule has 0 radical (unpaired) electrons. The standard InChI is InChI=1S/C20H26N4O2/c21-15-20(5-9-26-10-6-20)19(25)24-13-17-1-2-18(24)14-23(12-17)11-16-3-7-22-8-4-16/h3-4,7-8,17-18H,1-2,5-6,9-14H2/t17-,18+/m1/s1. The van der Waals surface area contributed by atoms with Crippen molar-refractivity contribution in [3.8, 4) is 6.07 Å². The summed E-state index contributed by atoms with van der Waals surface area (Å²) < 4.78 is 5.40. The van der Waals surface area contributed by atoms with Crippen LogP contribution in [-0.4, -0.2) is 59.6 Å². The zero-order chi connectivity index (χ0) is 18.0. The van der Waals surface area contributed by atoms with Gasteiger partial charge in [-0.25, -0.2) is 0 Å². The average molecular weight is 354 g/mol. The Morgan fingerprint density at radius 3 is 2.73 bits per heavy atom. The summed E-state index contributed by atoms with van der Waals surface area (Å²) in [5, 5.41) is 9.76. The van der Waals surface area contributed by atoms with E-state index in [0.717, 1.165) is 32.6 Å². The lowest BCUT2D eigenvalue weighted by atomic mass is 9.79. The predicted octanol–water partition coefficient (Wildman–Crippen LogP) is 1.82. The van der Waals surface area contributed by atoms with Crippen molar-refractivity contribution in [1.82, 2.24) is 14.8 Å². The molecule has 1 aromatic heterocycles. The first kappa shape index (κ1) is 17.4. The predicted molar refractivity (Wildman–Crippen MR) is 95.8 cm³/mol. The molecule has 0 aliphatic carbocycles. The molecule has 138 valence electrons. The van der Waals surface area contributed by atoms with Gasteiger partial charge in [-0.2, -0.15) is 5.26 Å². The van der Waals surface area contributed by atoms with Gasteiger partial charge >= 0.3 is 0 Å². The number of aromatic nitrogens is 1. The maximum atomic E-state index is 13.3. The van der Waals surface area contributed by atoms with Gasteiger partial charge in [0.25, 0.3) is 0 Å². The van der Waals surface area contributed by atoms with E-state index in [1.54, 1.807) is 0 Å². The third-order valence-electron chi connectivity index (χ3n) is 6.18. The second kappa shape index (κ2) is 7.34. The fraction of sp³-hybridized carbons (Fsp3) is 0.650. The van der Waals surface area contributed by atoms with Crippen molar-refractivity contribution >= 4 is 5.91 Å². The van der Waals surface area contributed by atoms with Crippen LogP contribution in [0.1, 0.15) is 31.2 Å². The fourth-order valence-electron chi connectivity index (χ4n) is 4.67. The number of nitriles is 1. The molecule has 5 rings (SSSR count). The molecule has 0 aromatic carbocycles. The maximum absolute atomic E-state index is 13.3. The molecule has 5 heterocycles. The van der Waals surface area contributed by atoms with Crippen molar-refractivity contribution in [1.29, 1.82) is 5.26 Å². The summed E-state index contributed by atoms with van der Waals surface area (Å²) in [7, 11) is 0. The van der Waals surface area contributed by atoms with Gasteiger partial charge in [0.2, 0.25) is 5.91 Å². The van der Waals surface area contributed by atoms with Gasteiger partial charge in [0.15, 0.2) is 0 Å². The highest BCUT2D eigenvalue weighted by Gasteiger charge is 2.47. The van der Waals surface area contributed by atoms with Gasteiger partial charge in [-0.3, -0.25) is 14.7 Å². The number of hydrogen-bond donors (Lipinski definition) is 0. The number of nitrogens with zero attached hydrogens (tertiary/aromatic N) is 4. The molecule has 1 aromatic rings. The minimum Gasteiger partial charge on any atom is -0.381 e. The van der Waals surface area contributed by atoms with Crippen LogP contribution in [0.15, 0.2) is 24.5 Å². The van der Waals surface area contributed by atoms with Crippen LogP contribution in [0.25, 0.3) is 0 Å². The molecule has 6 nitrogen and oxygen atoms in total. The Hall–Kier alpha value is -1.97. The van der Waals surface area contributed by atoms with Gasteiger partial charge in [-0.05, 0) is 49.3 Å². The molecular weight excluding hydrogens is 328 g/mol. The molecule has 2 atom stereocenters. The van der Waals surface area contributed by atoms with E-state index in [1.807, 2.05) is 17.3 Å². The van der Waals surface area contributed by atoms with E-state index in [4.69, 9.17) is 4.74 Å². The molecular formula is C20H26N4O2. The van der Waals surface area contributed by atoms with Gasteiger partial charge < -0.3 is 9.64 Å². The Balaban J connectivity index is 1.49. The highest BCUT2D eigenvalue weighted by Crippen LogP contribution is 2.37. The van der Waals surface area contributed by atoms with Crippen LogP contribution < -0.4 is 0 Å². The molecule has 0 spiro atoms. The third-order valence-corrected chi connectivity index (χ3v) is 6.18. The van der Waals surface area contributed by atoms with E-state index in [9.17, 15) is 10.1 Å². The number of carbonyl (C=O) groups is 1. The fourth-order valence-corrected chi connectivity index (χ4v) is 4.67. The topological polar surface area (TPSA) is 69.5 Å². The second-order valence-corrected chi connectivity index (χ2v) is 7.91. The van der Waals surface area contributed by atoms with E-state index in [2.05, 4.69) is 28.1 Å². The van der Waals surface area contributed by atoms with Crippen molar-refractivity contribution in [3.63, 3.8) is 0 Å². The Morgan fingerprint density at radius 2 is 2.00 bits per heavy atom. The van der Waals surface area contributed by atoms with Gasteiger partial charge in [-0.15, -0.1) is 0 Å². The van der Waals surface area contributed by atoms with Crippen LogP contribution in [-0.2, 0) is 16.1 Å². The summed E-state index contributed by atoms with van der Waals surface area (Å²) in [5.41, 5.74) is 0.385. The molecule has 0 saturated carbocycles. The normalized spacial score (nSPS) is 28.3. The first-order valence-corrected chi connectivity index (χ1v) is 9.61. The highest BCUT2D eigenvalue weighted by molar-refractivity contribution is 5.86. The molecule has 1 amide bonds. The van der Waals surface area contributed by atoms with E-state index in [-0.39, 0.29) is 11.9 Å². The van der Waals surface area contributed by atoms with Gasteiger partial charge in [0.1, 0.15) is 5.41 Å². The smallest absolute Gasteiger partial charge is 0.243 e. The number of pyridine rings is 1. The summed E-state index contributed by atoms with van der Waals surface area (Å²) >= 11 is 0. The number of rotatable bonds is 3. The molecule has 4 fully saturated rings. The van der Waals surface area contributed by atoms with Crippen LogP contribution in [0, 0.1) is 22.7 Å². The summed E-state index contributed by atoms with van der Waals surface area (Å²) in [4.78, 5) is 21.9. The Bertz CT molecular complexity index is 681. The molecule has 0 N–H and O–H groups in total. The number of carbonyl (C=O) groups excluding carboxylic acids is 1. The minimum absolute atomic E-state index is 0.0451. The number of hydrogen-bond acceptors (Lipinski definition) is 5. The SMILES string of the molecule is N#CC1(C(=O)N2C[C@@H]3CC[C@H]2CN(Cc2ccncc2)C3)CCOCC1. The highest BCUT2D eigenvalue weighted by atomic mass is 16.5. The lowest BCUT2D eigenvalue weighted by molar-refractivity contribution is -0.147. The van der Waals surface area contributed by atoms with Crippen LogP contribution in [0.5, 0.6) is 0 Å². The van der Waals surface area contributed by atoms with Gasteiger partial charge in [-0.1, -0.05) is 0 Å². The van der Waals surface area contributed by atoms with Crippen LogP contribution in [0.4, 0.5) is 0 Å². The number of piperidine rings is 1. The van der Waals surface area contributed by atoms with Crippen molar-refractivity contribution < 1.29 is 9.53 Å². The largest absolute Gasteiger partial charge is 0.381 e. The lowest BCUT2D eigenvalue weighted by Crippen LogP contribution is -2.54. The van der Waals surface area contributed by atoms with Gasteiger partial charge in [0.05, 0.1) is 6.07 Å². The van der Waals surface area contributed by atoms with E-state index >= 15 is 0 Å². The van der Waals surface area contributed by atoms with Crippen molar-refractivity contribution in [3.05, 3.63) is 30.1 Å². The quantitative estimate of drug-likeness (QED) is 0.828. The molecule has 6 heteroatoms. The lowest BCUT2D eigenvalue weighted by Gasteiger charge is -2.41. The van der Waals surface area contributed by atoms with Crippen LogP contribution in [0.2, 0.25) is 0 Å². The minimum atomic E-state index is -0.876. The molecule has 26 heavy (non-hydrogen) atoms. The summed E-state index contributed by atoms with van der Waals surface area (Å²) in [6, 6.07) is 6.69. The zero-order valence-electron chi connectivity index (χ0n) is 15.1. The Kier molecular flexibility index (Phi) is 4.92.